The minimum Gasteiger partial charge on any atom is -0.337 e. The molecule has 0 saturated heterocycles. The van der Waals surface area contributed by atoms with Crippen LogP contribution < -0.4 is 10.4 Å². The fourth-order valence-electron chi connectivity index (χ4n) is 3.43. The van der Waals surface area contributed by atoms with Crippen LogP contribution in [0.15, 0.2) is 93.1 Å². The van der Waals surface area contributed by atoms with Gasteiger partial charge in [0, 0.05) is 14.3 Å². The molecule has 3 nitrogen and oxygen atoms in total. The zero-order valence-electron chi connectivity index (χ0n) is 14.4. The van der Waals surface area contributed by atoms with Crippen LogP contribution in [0.1, 0.15) is 5.56 Å². The van der Waals surface area contributed by atoms with Gasteiger partial charge >= 0.3 is 0 Å². The van der Waals surface area contributed by atoms with Gasteiger partial charge in [0.1, 0.15) is 6.10 Å². The summed E-state index contributed by atoms with van der Waals surface area (Å²) in [7, 11) is 0. The fraction of sp³-hybridized carbons (Fsp3) is 0.0909. The Hall–Kier alpha value is -2.21. The first-order chi connectivity index (χ1) is 13.3. The Morgan fingerprint density at radius 2 is 1.52 bits per heavy atom. The molecule has 1 atom stereocenters. The molecule has 3 aromatic rings. The number of nitrogens with zero attached hydrogens (tertiary/aromatic N) is 1. The first-order valence-corrected chi connectivity index (χ1v) is 10.4. The average Bonchev–Trinajstić information content (AvgIpc) is 3.17. The summed E-state index contributed by atoms with van der Waals surface area (Å²) in [5.41, 5.74) is 7.69. The molecule has 5 heteroatoms. The van der Waals surface area contributed by atoms with E-state index in [1.165, 1.54) is 21.2 Å². The van der Waals surface area contributed by atoms with E-state index in [0.29, 0.717) is 0 Å². The van der Waals surface area contributed by atoms with Gasteiger partial charge in [-0.3, -0.25) is 10.3 Å². The molecule has 0 fully saturated rings. The van der Waals surface area contributed by atoms with Crippen LogP contribution in [0.2, 0.25) is 0 Å². The molecular formula is C22H17BrN2OS. The number of hydroxylamine groups is 1. The largest absolute Gasteiger partial charge is 0.337 e. The third-order valence-corrected chi connectivity index (χ3v) is 6.38. The Kier molecular flexibility index (Phi) is 4.44. The van der Waals surface area contributed by atoms with Gasteiger partial charge in [-0.2, -0.15) is 0 Å². The summed E-state index contributed by atoms with van der Waals surface area (Å²) in [4.78, 5) is 10.8. The molecule has 1 N–H and O–H groups in total. The second-order valence-corrected chi connectivity index (χ2v) is 8.49. The van der Waals surface area contributed by atoms with Gasteiger partial charge in [0.15, 0.2) is 0 Å². The van der Waals surface area contributed by atoms with Crippen molar-refractivity contribution in [2.45, 2.75) is 15.9 Å². The lowest BCUT2D eigenvalue weighted by Gasteiger charge is -2.33. The molecule has 134 valence electrons. The second-order valence-electron chi connectivity index (χ2n) is 6.49. The number of benzene rings is 3. The van der Waals surface area contributed by atoms with Crippen molar-refractivity contribution < 1.29 is 4.84 Å². The predicted octanol–water partition coefficient (Wildman–Crippen LogP) is 6.00. The average molecular weight is 437 g/mol. The maximum absolute atomic E-state index is 5.88. The van der Waals surface area contributed by atoms with E-state index in [2.05, 4.69) is 93.0 Å². The van der Waals surface area contributed by atoms with Crippen LogP contribution in [-0.4, -0.2) is 12.6 Å². The standard InChI is InChI=1S/C22H17BrN2OS/c23-16-11-9-15(10-12-16)18-13-17(26-24-18)14-25-19-5-1-3-7-21(19)27-22-8-4-2-6-20(22)25/h1-13,17,24H,14H2/t17-/m1/s1. The molecule has 2 aliphatic heterocycles. The van der Waals surface area contributed by atoms with Crippen molar-refractivity contribution in [1.29, 1.82) is 0 Å². The first kappa shape index (κ1) is 16.9. The highest BCUT2D eigenvalue weighted by atomic mass is 79.9. The summed E-state index contributed by atoms with van der Waals surface area (Å²) in [6.07, 6.45) is 2.13. The van der Waals surface area contributed by atoms with E-state index in [-0.39, 0.29) is 6.10 Å². The summed E-state index contributed by atoms with van der Waals surface area (Å²) in [6.45, 7) is 0.752. The van der Waals surface area contributed by atoms with E-state index >= 15 is 0 Å². The van der Waals surface area contributed by atoms with E-state index in [9.17, 15) is 0 Å². The molecule has 0 unspecified atom stereocenters. The van der Waals surface area contributed by atoms with E-state index in [4.69, 9.17) is 4.84 Å². The van der Waals surface area contributed by atoms with Crippen molar-refractivity contribution in [3.8, 4) is 0 Å². The lowest BCUT2D eigenvalue weighted by atomic mass is 10.1. The number of hydrogen-bond donors (Lipinski definition) is 1. The normalized spacial score (nSPS) is 17.7. The van der Waals surface area contributed by atoms with E-state index in [0.717, 1.165) is 22.3 Å². The van der Waals surface area contributed by atoms with Crippen molar-refractivity contribution in [3.05, 3.63) is 88.9 Å². The monoisotopic (exact) mass is 436 g/mol. The molecule has 0 radical (unpaired) electrons. The van der Waals surface area contributed by atoms with Gasteiger partial charge in [0.25, 0.3) is 0 Å². The molecule has 0 spiro atoms. The highest BCUT2D eigenvalue weighted by Crippen LogP contribution is 2.48. The molecule has 2 aliphatic rings. The maximum Gasteiger partial charge on any atom is 0.124 e. The topological polar surface area (TPSA) is 24.5 Å². The summed E-state index contributed by atoms with van der Waals surface area (Å²) in [5.74, 6) is 0. The summed E-state index contributed by atoms with van der Waals surface area (Å²) < 4.78 is 1.07. The molecule has 0 aromatic heterocycles. The van der Waals surface area contributed by atoms with Gasteiger partial charge in [-0.1, -0.05) is 64.1 Å². The van der Waals surface area contributed by atoms with Crippen molar-refractivity contribution in [2.24, 2.45) is 0 Å². The van der Waals surface area contributed by atoms with E-state index in [1.54, 1.807) is 0 Å². The van der Waals surface area contributed by atoms with Crippen molar-refractivity contribution in [3.63, 3.8) is 0 Å². The molecule has 0 amide bonds. The molecule has 3 aromatic carbocycles. The summed E-state index contributed by atoms with van der Waals surface area (Å²) >= 11 is 5.31. The highest BCUT2D eigenvalue weighted by molar-refractivity contribution is 9.10. The first-order valence-electron chi connectivity index (χ1n) is 8.81. The Morgan fingerprint density at radius 1 is 0.889 bits per heavy atom. The summed E-state index contributed by atoms with van der Waals surface area (Å²) in [5, 5.41) is 0. The van der Waals surface area contributed by atoms with Crippen LogP contribution in [0.25, 0.3) is 5.70 Å². The third-order valence-electron chi connectivity index (χ3n) is 4.72. The number of fused-ring (bicyclic) bond motifs is 2. The van der Waals surface area contributed by atoms with Crippen LogP contribution in [0.5, 0.6) is 0 Å². The number of para-hydroxylation sites is 2. The maximum atomic E-state index is 5.88. The van der Waals surface area contributed by atoms with Crippen LogP contribution in [0.4, 0.5) is 11.4 Å². The van der Waals surface area contributed by atoms with Gasteiger partial charge in [-0.25, -0.2) is 0 Å². The minimum atomic E-state index is -0.0344. The fourth-order valence-corrected chi connectivity index (χ4v) is 4.79. The van der Waals surface area contributed by atoms with Gasteiger partial charge in [-0.05, 0) is 48.0 Å². The number of hydrogen-bond acceptors (Lipinski definition) is 4. The highest BCUT2D eigenvalue weighted by Gasteiger charge is 2.27. The Labute approximate surface area is 171 Å². The van der Waals surface area contributed by atoms with Crippen molar-refractivity contribution in [2.75, 3.05) is 11.4 Å². The van der Waals surface area contributed by atoms with Crippen LogP contribution in [-0.2, 0) is 4.84 Å². The Morgan fingerprint density at radius 3 is 2.19 bits per heavy atom. The smallest absolute Gasteiger partial charge is 0.124 e. The number of halogens is 1. The van der Waals surface area contributed by atoms with Gasteiger partial charge in [0.05, 0.1) is 23.6 Å². The number of nitrogens with one attached hydrogen (secondary N) is 1. The lowest BCUT2D eigenvalue weighted by molar-refractivity contribution is 0.0566. The predicted molar refractivity (Wildman–Crippen MR) is 114 cm³/mol. The van der Waals surface area contributed by atoms with Crippen LogP contribution >= 0.6 is 27.7 Å². The quantitative estimate of drug-likeness (QED) is 0.544. The van der Waals surface area contributed by atoms with Gasteiger partial charge < -0.3 is 4.90 Å². The third kappa shape index (κ3) is 3.27. The zero-order chi connectivity index (χ0) is 18.2. The lowest BCUT2D eigenvalue weighted by Crippen LogP contribution is -2.30. The SMILES string of the molecule is Brc1ccc(C2=C[C@H](CN3c4ccccc4Sc4ccccc43)ON2)cc1. The second kappa shape index (κ2) is 7.08. The molecule has 0 bridgehead atoms. The van der Waals surface area contributed by atoms with Crippen molar-refractivity contribution >= 4 is 44.8 Å². The van der Waals surface area contributed by atoms with E-state index < -0.39 is 0 Å². The van der Waals surface area contributed by atoms with Crippen LogP contribution in [0.3, 0.4) is 0 Å². The van der Waals surface area contributed by atoms with Gasteiger partial charge in [0.2, 0.25) is 0 Å². The van der Waals surface area contributed by atoms with E-state index in [1.807, 2.05) is 23.9 Å². The van der Waals surface area contributed by atoms with Crippen molar-refractivity contribution in [1.82, 2.24) is 5.48 Å². The molecular weight excluding hydrogens is 420 g/mol. The molecule has 27 heavy (non-hydrogen) atoms. The molecule has 0 aliphatic carbocycles. The molecule has 5 rings (SSSR count). The Balaban J connectivity index is 1.45. The zero-order valence-corrected chi connectivity index (χ0v) is 16.8. The van der Waals surface area contributed by atoms with Gasteiger partial charge in [-0.15, -0.1) is 0 Å². The minimum absolute atomic E-state index is 0.0344. The number of anilines is 2. The molecule has 0 saturated carbocycles. The molecule has 2 heterocycles. The summed E-state index contributed by atoms with van der Waals surface area (Å²) in [6, 6.07) is 25.3. The van der Waals surface area contributed by atoms with Crippen LogP contribution in [0, 0.1) is 0 Å². The number of rotatable bonds is 3. The Bertz CT molecular complexity index is 973.